The Hall–Kier alpha value is -0.590. The molecule has 0 saturated carbocycles. The normalized spacial score (nSPS) is 21.1. The molecule has 1 rings (SSSR count). The molecule has 0 bridgehead atoms. The Morgan fingerprint density at radius 2 is 2.18 bits per heavy atom. The average molecular weight is 239 g/mol. The third-order valence-electron chi connectivity index (χ3n) is 3.19. The summed E-state index contributed by atoms with van der Waals surface area (Å²) < 4.78 is 11.4. The molecule has 17 heavy (non-hydrogen) atoms. The number of hydrogen-bond acceptors (Lipinski definition) is 3. The van der Waals surface area contributed by atoms with E-state index in [2.05, 4.69) is 19.9 Å². The summed E-state index contributed by atoms with van der Waals surface area (Å²) in [7, 11) is 0. The van der Waals surface area contributed by atoms with E-state index in [1.807, 2.05) is 0 Å². The molecule has 98 valence electrons. The summed E-state index contributed by atoms with van der Waals surface area (Å²) in [6.45, 7) is 6.04. The molecule has 0 aromatic heterocycles. The van der Waals surface area contributed by atoms with Crippen molar-refractivity contribution >= 4 is 0 Å². The van der Waals surface area contributed by atoms with Crippen molar-refractivity contribution in [3.8, 4) is 6.07 Å². The molecule has 3 heteroatoms. The number of unbranched alkanes of at least 4 members (excludes halogenated alkanes) is 2. The standard InChI is InChI=1S/C14H25NO2/c1-14(2,9-5-3-6-10-15)12-17-13-8-4-7-11-16-13/h13H,3-9,11-12H2,1-2H3/t13-/m1/s1. The topological polar surface area (TPSA) is 42.2 Å². The molecule has 1 atom stereocenters. The van der Waals surface area contributed by atoms with E-state index >= 15 is 0 Å². The van der Waals surface area contributed by atoms with Crippen LogP contribution in [-0.4, -0.2) is 19.5 Å². The van der Waals surface area contributed by atoms with Gasteiger partial charge in [-0.3, -0.25) is 0 Å². The molecule has 1 aliphatic rings. The van der Waals surface area contributed by atoms with Crippen LogP contribution in [0.4, 0.5) is 0 Å². The maximum atomic E-state index is 8.48. The molecule has 0 spiro atoms. The van der Waals surface area contributed by atoms with Gasteiger partial charge in [0.1, 0.15) is 0 Å². The minimum atomic E-state index is 0.0159. The van der Waals surface area contributed by atoms with Crippen LogP contribution in [0.2, 0.25) is 0 Å². The summed E-state index contributed by atoms with van der Waals surface area (Å²) in [4.78, 5) is 0. The fraction of sp³-hybridized carbons (Fsp3) is 0.929. The van der Waals surface area contributed by atoms with E-state index in [-0.39, 0.29) is 11.7 Å². The molecular formula is C14H25NO2. The fourth-order valence-corrected chi connectivity index (χ4v) is 2.04. The van der Waals surface area contributed by atoms with Gasteiger partial charge in [0.2, 0.25) is 0 Å². The van der Waals surface area contributed by atoms with E-state index in [0.717, 1.165) is 45.3 Å². The lowest BCUT2D eigenvalue weighted by molar-refractivity contribution is -0.176. The quantitative estimate of drug-likeness (QED) is 0.637. The lowest BCUT2D eigenvalue weighted by Gasteiger charge is -2.29. The zero-order valence-corrected chi connectivity index (χ0v) is 11.2. The molecule has 0 amide bonds. The summed E-state index contributed by atoms with van der Waals surface area (Å²) in [6, 6.07) is 2.19. The van der Waals surface area contributed by atoms with Crippen molar-refractivity contribution in [3.63, 3.8) is 0 Å². The lowest BCUT2D eigenvalue weighted by atomic mass is 9.88. The predicted molar refractivity (Wildman–Crippen MR) is 67.4 cm³/mol. The Bertz CT molecular complexity index is 239. The highest BCUT2D eigenvalue weighted by molar-refractivity contribution is 4.72. The molecule has 1 heterocycles. The molecule has 0 aromatic carbocycles. The first-order valence-corrected chi connectivity index (χ1v) is 6.74. The Morgan fingerprint density at radius 1 is 1.35 bits per heavy atom. The zero-order valence-electron chi connectivity index (χ0n) is 11.2. The van der Waals surface area contributed by atoms with Crippen molar-refractivity contribution in [2.45, 2.75) is 65.1 Å². The van der Waals surface area contributed by atoms with Gasteiger partial charge < -0.3 is 9.47 Å². The SMILES string of the molecule is CC(C)(CCCCC#N)CO[C@@H]1CCCCO1. The third kappa shape index (κ3) is 6.65. The molecule has 3 nitrogen and oxygen atoms in total. The van der Waals surface area contributed by atoms with Crippen molar-refractivity contribution in [1.29, 1.82) is 5.26 Å². The van der Waals surface area contributed by atoms with Gasteiger partial charge in [-0.25, -0.2) is 0 Å². The summed E-state index contributed by atoms with van der Waals surface area (Å²) in [6.07, 6.45) is 7.32. The molecule has 0 aliphatic carbocycles. The van der Waals surface area contributed by atoms with E-state index in [0.29, 0.717) is 6.42 Å². The first-order valence-electron chi connectivity index (χ1n) is 6.74. The van der Waals surface area contributed by atoms with Gasteiger partial charge in [-0.05, 0) is 37.5 Å². The number of nitriles is 1. The van der Waals surface area contributed by atoms with Crippen molar-refractivity contribution in [3.05, 3.63) is 0 Å². The summed E-state index contributed by atoms with van der Waals surface area (Å²) in [5.74, 6) is 0. The van der Waals surface area contributed by atoms with Gasteiger partial charge in [0, 0.05) is 13.0 Å². The van der Waals surface area contributed by atoms with Gasteiger partial charge in [-0.15, -0.1) is 0 Å². The Kier molecular flexibility index (Phi) is 6.54. The lowest BCUT2D eigenvalue weighted by Crippen LogP contribution is -2.28. The minimum absolute atomic E-state index is 0.0159. The van der Waals surface area contributed by atoms with Crippen LogP contribution in [-0.2, 0) is 9.47 Å². The van der Waals surface area contributed by atoms with Gasteiger partial charge in [0.05, 0.1) is 12.7 Å². The molecule has 0 aromatic rings. The predicted octanol–water partition coefficient (Wildman–Crippen LogP) is 3.64. The van der Waals surface area contributed by atoms with E-state index < -0.39 is 0 Å². The van der Waals surface area contributed by atoms with Crippen LogP contribution in [0.1, 0.15) is 58.8 Å². The first-order chi connectivity index (χ1) is 8.14. The van der Waals surface area contributed by atoms with Crippen LogP contribution >= 0.6 is 0 Å². The summed E-state index contributed by atoms with van der Waals surface area (Å²) in [5, 5.41) is 8.48. The molecule has 1 saturated heterocycles. The molecule has 0 radical (unpaired) electrons. The second-order valence-corrected chi connectivity index (χ2v) is 5.64. The number of nitrogens with zero attached hydrogens (tertiary/aromatic N) is 1. The van der Waals surface area contributed by atoms with Crippen molar-refractivity contribution in [2.24, 2.45) is 5.41 Å². The Morgan fingerprint density at radius 3 is 2.82 bits per heavy atom. The van der Waals surface area contributed by atoms with E-state index in [9.17, 15) is 0 Å². The third-order valence-corrected chi connectivity index (χ3v) is 3.19. The Labute approximate surface area is 105 Å². The van der Waals surface area contributed by atoms with Crippen LogP contribution in [0.25, 0.3) is 0 Å². The number of hydrogen-bond donors (Lipinski definition) is 0. The zero-order chi connectivity index (χ0) is 12.6. The summed E-state index contributed by atoms with van der Waals surface area (Å²) >= 11 is 0. The summed E-state index contributed by atoms with van der Waals surface area (Å²) in [5.41, 5.74) is 0.191. The average Bonchev–Trinajstić information content (AvgIpc) is 2.34. The second-order valence-electron chi connectivity index (χ2n) is 5.64. The van der Waals surface area contributed by atoms with Gasteiger partial charge in [0.15, 0.2) is 6.29 Å². The highest BCUT2D eigenvalue weighted by Gasteiger charge is 2.21. The van der Waals surface area contributed by atoms with Crippen molar-refractivity contribution in [2.75, 3.05) is 13.2 Å². The maximum Gasteiger partial charge on any atom is 0.157 e. The van der Waals surface area contributed by atoms with Crippen LogP contribution < -0.4 is 0 Å². The van der Waals surface area contributed by atoms with Gasteiger partial charge >= 0.3 is 0 Å². The number of rotatable bonds is 7. The molecule has 0 unspecified atom stereocenters. The molecule has 1 aliphatic heterocycles. The molecule has 1 fully saturated rings. The Balaban J connectivity index is 2.12. The highest BCUT2D eigenvalue weighted by atomic mass is 16.7. The van der Waals surface area contributed by atoms with Crippen LogP contribution in [0, 0.1) is 16.7 Å². The highest BCUT2D eigenvalue weighted by Crippen LogP contribution is 2.26. The molecule has 0 N–H and O–H groups in total. The first kappa shape index (κ1) is 14.5. The second kappa shape index (κ2) is 7.68. The minimum Gasteiger partial charge on any atom is -0.353 e. The number of ether oxygens (including phenoxy) is 2. The maximum absolute atomic E-state index is 8.48. The van der Waals surface area contributed by atoms with Crippen LogP contribution in [0.15, 0.2) is 0 Å². The van der Waals surface area contributed by atoms with Crippen LogP contribution in [0.3, 0.4) is 0 Å². The fourth-order valence-electron chi connectivity index (χ4n) is 2.04. The van der Waals surface area contributed by atoms with Gasteiger partial charge in [-0.1, -0.05) is 20.3 Å². The van der Waals surface area contributed by atoms with Crippen LogP contribution in [0.5, 0.6) is 0 Å². The van der Waals surface area contributed by atoms with E-state index in [4.69, 9.17) is 14.7 Å². The van der Waals surface area contributed by atoms with Gasteiger partial charge in [0.25, 0.3) is 0 Å². The van der Waals surface area contributed by atoms with Crippen molar-refractivity contribution in [1.82, 2.24) is 0 Å². The van der Waals surface area contributed by atoms with E-state index in [1.165, 1.54) is 6.42 Å². The smallest absolute Gasteiger partial charge is 0.157 e. The monoisotopic (exact) mass is 239 g/mol. The largest absolute Gasteiger partial charge is 0.353 e. The van der Waals surface area contributed by atoms with E-state index in [1.54, 1.807) is 0 Å². The van der Waals surface area contributed by atoms with Crippen molar-refractivity contribution < 1.29 is 9.47 Å². The molecular weight excluding hydrogens is 214 g/mol. The van der Waals surface area contributed by atoms with Gasteiger partial charge in [-0.2, -0.15) is 5.26 Å².